The highest BCUT2D eigenvalue weighted by atomic mass is 16.3. The fourth-order valence-corrected chi connectivity index (χ4v) is 7.49. The lowest BCUT2D eigenvalue weighted by Crippen LogP contribution is -2.10. The molecule has 0 aliphatic heterocycles. The van der Waals surface area contributed by atoms with Crippen molar-refractivity contribution in [1.82, 2.24) is 0 Å². The summed E-state index contributed by atoms with van der Waals surface area (Å²) in [6.07, 6.45) is 0. The Morgan fingerprint density at radius 1 is 0.294 bits per heavy atom. The van der Waals surface area contributed by atoms with Crippen LogP contribution in [0.1, 0.15) is 0 Å². The predicted octanol–water partition coefficient (Wildman–Crippen LogP) is 14.0. The maximum Gasteiger partial charge on any atom is 0.136 e. The summed E-state index contributed by atoms with van der Waals surface area (Å²) >= 11 is 0. The van der Waals surface area contributed by atoms with Gasteiger partial charge >= 0.3 is 0 Å². The number of fused-ring (bicyclic) bond motifs is 7. The fourth-order valence-electron chi connectivity index (χ4n) is 7.49. The molecule has 8 aromatic carbocycles. The van der Waals surface area contributed by atoms with Crippen LogP contribution in [0.3, 0.4) is 0 Å². The molecule has 0 saturated heterocycles. The van der Waals surface area contributed by atoms with Gasteiger partial charge in [0, 0.05) is 38.6 Å². The molecule has 51 heavy (non-hydrogen) atoms. The van der Waals surface area contributed by atoms with Crippen molar-refractivity contribution in [2.24, 2.45) is 0 Å². The predicted molar refractivity (Wildman–Crippen MR) is 212 cm³/mol. The zero-order valence-electron chi connectivity index (χ0n) is 27.7. The first-order chi connectivity index (χ1) is 25.3. The van der Waals surface area contributed by atoms with E-state index >= 15 is 0 Å². The van der Waals surface area contributed by atoms with E-state index in [4.69, 9.17) is 8.83 Å². The Labute approximate surface area is 295 Å². The minimum absolute atomic E-state index is 0.853. The summed E-state index contributed by atoms with van der Waals surface area (Å²) in [5.41, 5.74) is 13.7. The Hall–Kier alpha value is -6.84. The molecular formula is C48H31NO2. The topological polar surface area (TPSA) is 29.5 Å². The van der Waals surface area contributed by atoms with Crippen LogP contribution in [-0.4, -0.2) is 0 Å². The molecule has 3 nitrogen and oxygen atoms in total. The Morgan fingerprint density at radius 2 is 0.784 bits per heavy atom. The van der Waals surface area contributed by atoms with Gasteiger partial charge in [-0.1, -0.05) is 127 Å². The van der Waals surface area contributed by atoms with Crippen molar-refractivity contribution in [3.63, 3.8) is 0 Å². The second-order valence-corrected chi connectivity index (χ2v) is 12.9. The Kier molecular flexibility index (Phi) is 6.81. The monoisotopic (exact) mass is 653 g/mol. The Balaban J connectivity index is 1.14. The molecule has 0 spiro atoms. The number of hydrogen-bond donors (Lipinski definition) is 0. The van der Waals surface area contributed by atoms with E-state index in [-0.39, 0.29) is 0 Å². The summed E-state index contributed by atoms with van der Waals surface area (Å²) in [5.74, 6) is 0. The van der Waals surface area contributed by atoms with Crippen LogP contribution in [0.4, 0.5) is 17.1 Å². The fraction of sp³-hybridized carbons (Fsp3) is 0. The zero-order valence-corrected chi connectivity index (χ0v) is 27.7. The highest BCUT2D eigenvalue weighted by Gasteiger charge is 2.20. The van der Waals surface area contributed by atoms with Crippen molar-refractivity contribution in [3.05, 3.63) is 188 Å². The highest BCUT2D eigenvalue weighted by Crippen LogP contribution is 2.45. The summed E-state index contributed by atoms with van der Waals surface area (Å²) in [6, 6.07) is 66.2. The standard InChI is InChI=1S/C48H31NO2/c1-3-11-32(12-4-1)34-21-25-37(26-22-34)49(38-27-23-35(24-28-38)33-13-5-2-6-14-33)39-16-9-15-36(31-39)40-18-10-20-43-46(40)48-45(51-43)30-29-44-47(48)41-17-7-8-19-42(41)50-44/h1-31H. The summed E-state index contributed by atoms with van der Waals surface area (Å²) in [7, 11) is 0. The molecule has 10 rings (SSSR count). The van der Waals surface area contributed by atoms with Gasteiger partial charge in [0.25, 0.3) is 0 Å². The molecule has 10 aromatic rings. The molecule has 0 saturated carbocycles. The van der Waals surface area contributed by atoms with Gasteiger partial charge in [0.1, 0.15) is 22.3 Å². The SMILES string of the molecule is c1ccc(-c2ccc(N(c3ccc(-c4ccccc4)cc3)c3cccc(-c4cccc5oc6ccc7oc8ccccc8c7c6c45)c3)cc2)cc1. The minimum Gasteiger partial charge on any atom is -0.456 e. The van der Waals surface area contributed by atoms with Crippen LogP contribution in [0.5, 0.6) is 0 Å². The van der Waals surface area contributed by atoms with E-state index in [0.717, 1.165) is 72.1 Å². The maximum atomic E-state index is 6.50. The number of para-hydroxylation sites is 1. The number of nitrogens with zero attached hydrogens (tertiary/aromatic N) is 1. The van der Waals surface area contributed by atoms with Crippen molar-refractivity contribution in [2.75, 3.05) is 4.90 Å². The Morgan fingerprint density at radius 3 is 1.45 bits per heavy atom. The van der Waals surface area contributed by atoms with Crippen LogP contribution in [0.25, 0.3) is 77.3 Å². The molecule has 240 valence electrons. The van der Waals surface area contributed by atoms with Crippen molar-refractivity contribution < 1.29 is 8.83 Å². The maximum absolute atomic E-state index is 6.50. The van der Waals surface area contributed by atoms with Crippen LogP contribution in [-0.2, 0) is 0 Å². The van der Waals surface area contributed by atoms with E-state index in [1.807, 2.05) is 24.3 Å². The molecule has 0 aliphatic rings. The molecule has 0 N–H and O–H groups in total. The summed E-state index contributed by atoms with van der Waals surface area (Å²) < 4.78 is 12.8. The second kappa shape index (κ2) is 11.9. The molecule has 2 aromatic heterocycles. The first-order valence-electron chi connectivity index (χ1n) is 17.3. The average Bonchev–Trinajstić information content (AvgIpc) is 3.78. The third-order valence-electron chi connectivity index (χ3n) is 9.88. The third kappa shape index (κ3) is 4.98. The van der Waals surface area contributed by atoms with Gasteiger partial charge in [-0.3, -0.25) is 0 Å². The first-order valence-corrected chi connectivity index (χ1v) is 17.3. The second-order valence-electron chi connectivity index (χ2n) is 12.9. The van der Waals surface area contributed by atoms with Gasteiger partial charge in [-0.15, -0.1) is 0 Å². The highest BCUT2D eigenvalue weighted by molar-refractivity contribution is 6.28. The molecule has 0 radical (unpaired) electrons. The van der Waals surface area contributed by atoms with E-state index in [1.165, 1.54) is 22.3 Å². The molecular weight excluding hydrogens is 623 g/mol. The van der Waals surface area contributed by atoms with Gasteiger partial charge in [0.2, 0.25) is 0 Å². The number of hydrogen-bond acceptors (Lipinski definition) is 3. The van der Waals surface area contributed by atoms with Crippen LogP contribution in [0, 0.1) is 0 Å². The average molecular weight is 654 g/mol. The molecule has 0 bridgehead atoms. The number of furan rings is 2. The van der Waals surface area contributed by atoms with Crippen molar-refractivity contribution >= 4 is 60.9 Å². The molecule has 3 heteroatoms. The molecule has 2 heterocycles. The van der Waals surface area contributed by atoms with Crippen LogP contribution >= 0.6 is 0 Å². The largest absolute Gasteiger partial charge is 0.456 e. The van der Waals surface area contributed by atoms with Crippen LogP contribution in [0.15, 0.2) is 197 Å². The van der Waals surface area contributed by atoms with Crippen LogP contribution in [0.2, 0.25) is 0 Å². The zero-order chi connectivity index (χ0) is 33.7. The van der Waals surface area contributed by atoms with Crippen molar-refractivity contribution in [3.8, 4) is 33.4 Å². The smallest absolute Gasteiger partial charge is 0.136 e. The van der Waals surface area contributed by atoms with Gasteiger partial charge in [0.05, 0.1) is 0 Å². The molecule has 0 unspecified atom stereocenters. The number of rotatable bonds is 6. The van der Waals surface area contributed by atoms with Gasteiger partial charge in [-0.05, 0) is 94.0 Å². The third-order valence-corrected chi connectivity index (χ3v) is 9.88. The summed E-state index contributed by atoms with van der Waals surface area (Å²) in [5, 5.41) is 4.35. The lowest BCUT2D eigenvalue weighted by Gasteiger charge is -2.26. The van der Waals surface area contributed by atoms with Gasteiger partial charge in [-0.25, -0.2) is 0 Å². The van der Waals surface area contributed by atoms with E-state index in [9.17, 15) is 0 Å². The Bertz CT molecular complexity index is 2750. The summed E-state index contributed by atoms with van der Waals surface area (Å²) in [4.78, 5) is 2.34. The van der Waals surface area contributed by atoms with Crippen molar-refractivity contribution in [1.29, 1.82) is 0 Å². The first kappa shape index (κ1) is 29.1. The minimum atomic E-state index is 0.853. The number of anilines is 3. The van der Waals surface area contributed by atoms with E-state index in [2.05, 4.69) is 169 Å². The van der Waals surface area contributed by atoms with Gasteiger partial charge < -0.3 is 13.7 Å². The lowest BCUT2D eigenvalue weighted by molar-refractivity contribution is 0.663. The molecule has 0 fully saturated rings. The molecule has 0 atom stereocenters. The normalized spacial score (nSPS) is 11.5. The van der Waals surface area contributed by atoms with E-state index in [0.29, 0.717) is 0 Å². The van der Waals surface area contributed by atoms with E-state index < -0.39 is 0 Å². The van der Waals surface area contributed by atoms with E-state index in [1.54, 1.807) is 0 Å². The van der Waals surface area contributed by atoms with Gasteiger partial charge in [-0.2, -0.15) is 0 Å². The number of benzene rings is 8. The molecule has 0 amide bonds. The molecule has 0 aliphatic carbocycles. The lowest BCUT2D eigenvalue weighted by atomic mass is 9.96. The quantitative estimate of drug-likeness (QED) is 0.179. The van der Waals surface area contributed by atoms with Crippen LogP contribution < -0.4 is 4.90 Å². The summed E-state index contributed by atoms with van der Waals surface area (Å²) in [6.45, 7) is 0. The van der Waals surface area contributed by atoms with Gasteiger partial charge in [0.15, 0.2) is 0 Å². The van der Waals surface area contributed by atoms with Crippen molar-refractivity contribution in [2.45, 2.75) is 0 Å².